The second-order valence-corrected chi connectivity index (χ2v) is 9.21. The Morgan fingerprint density at radius 3 is 2.52 bits per heavy atom. The highest BCUT2D eigenvalue weighted by atomic mass is 79.9. The number of piperidine rings is 1. The van der Waals surface area contributed by atoms with Crippen molar-refractivity contribution in [2.75, 3.05) is 13.1 Å². The Hall–Kier alpha value is -0.910. The van der Waals surface area contributed by atoms with E-state index in [-0.39, 0.29) is 11.6 Å². The summed E-state index contributed by atoms with van der Waals surface area (Å²) in [4.78, 5) is 20.8. The first-order chi connectivity index (χ1) is 12.9. The molecule has 1 saturated heterocycles. The number of benzene rings is 1. The van der Waals surface area contributed by atoms with Crippen LogP contribution in [0.3, 0.4) is 0 Å². The number of hydrogen-bond acceptors (Lipinski definition) is 3. The molecule has 0 spiro atoms. The van der Waals surface area contributed by atoms with Crippen molar-refractivity contribution in [1.29, 1.82) is 0 Å². The predicted octanol–water partition coefficient (Wildman–Crippen LogP) is 5.65. The van der Waals surface area contributed by atoms with E-state index in [9.17, 15) is 4.79 Å². The smallest absolute Gasteiger partial charge is 0.262 e. The molecule has 0 amide bonds. The van der Waals surface area contributed by atoms with E-state index in [1.54, 1.807) is 0 Å². The summed E-state index contributed by atoms with van der Waals surface area (Å²) in [6, 6.07) is 3.93. The Labute approximate surface area is 175 Å². The molecule has 6 heteroatoms. The van der Waals surface area contributed by atoms with Gasteiger partial charge < -0.3 is 0 Å². The summed E-state index contributed by atoms with van der Waals surface area (Å²) in [5.41, 5.74) is 0.648. The van der Waals surface area contributed by atoms with Gasteiger partial charge in [0.1, 0.15) is 5.82 Å². The summed E-state index contributed by atoms with van der Waals surface area (Å²) in [5, 5.41) is 0.957. The molecule has 1 aromatic heterocycles. The third kappa shape index (κ3) is 4.10. The highest BCUT2D eigenvalue weighted by Gasteiger charge is 2.31. The number of hydrogen-bond donors (Lipinski definition) is 0. The molecule has 1 aliphatic rings. The van der Waals surface area contributed by atoms with Crippen LogP contribution in [0.25, 0.3) is 10.9 Å². The van der Waals surface area contributed by atoms with Gasteiger partial charge in [-0.15, -0.1) is 0 Å². The van der Waals surface area contributed by atoms with E-state index >= 15 is 0 Å². The maximum Gasteiger partial charge on any atom is 0.262 e. The monoisotopic (exact) mass is 453 g/mol. The van der Waals surface area contributed by atoms with Crippen LogP contribution in [0.1, 0.15) is 58.8 Å². The number of fused-ring (bicyclic) bond motifs is 1. The zero-order valence-electron chi connectivity index (χ0n) is 16.6. The molecule has 2 heterocycles. The van der Waals surface area contributed by atoms with Gasteiger partial charge in [0, 0.05) is 24.1 Å². The van der Waals surface area contributed by atoms with Crippen LogP contribution in [0.15, 0.2) is 21.4 Å². The van der Waals surface area contributed by atoms with Gasteiger partial charge in [-0.25, -0.2) is 4.98 Å². The van der Waals surface area contributed by atoms with E-state index in [4.69, 9.17) is 16.6 Å². The van der Waals surface area contributed by atoms with Gasteiger partial charge in [0.05, 0.1) is 22.0 Å². The second-order valence-electron chi connectivity index (χ2n) is 7.98. The Balaban J connectivity index is 2.17. The SMILES string of the molecule is CCCC(c1nc2ccc(Br)c(Cl)c2c(=O)n1CC)N1C[C@H](C)C[C@H](C)C1. The maximum absolute atomic E-state index is 13.3. The third-order valence-electron chi connectivity index (χ3n) is 5.56. The average Bonchev–Trinajstić information content (AvgIpc) is 2.61. The molecule has 0 saturated carbocycles. The zero-order chi connectivity index (χ0) is 19.7. The Morgan fingerprint density at radius 2 is 1.93 bits per heavy atom. The lowest BCUT2D eigenvalue weighted by Crippen LogP contribution is -2.43. The molecule has 0 aliphatic carbocycles. The van der Waals surface area contributed by atoms with Crippen LogP contribution < -0.4 is 5.56 Å². The largest absolute Gasteiger partial charge is 0.295 e. The molecule has 0 radical (unpaired) electrons. The molecule has 27 heavy (non-hydrogen) atoms. The third-order valence-corrected chi connectivity index (χ3v) is 6.84. The molecule has 1 aliphatic heterocycles. The number of aromatic nitrogens is 2. The van der Waals surface area contributed by atoms with Gasteiger partial charge in [-0.3, -0.25) is 14.3 Å². The van der Waals surface area contributed by atoms with Crippen LogP contribution in [0.5, 0.6) is 0 Å². The highest BCUT2D eigenvalue weighted by molar-refractivity contribution is 9.10. The molecular formula is C21H29BrClN3O. The minimum absolute atomic E-state index is 0.0389. The lowest BCUT2D eigenvalue weighted by molar-refractivity contribution is 0.0836. The van der Waals surface area contributed by atoms with Crippen LogP contribution in [0, 0.1) is 11.8 Å². The normalized spacial score (nSPS) is 22.3. The quantitative estimate of drug-likeness (QED) is 0.586. The van der Waals surface area contributed by atoms with E-state index < -0.39 is 0 Å². The predicted molar refractivity (Wildman–Crippen MR) is 117 cm³/mol. The molecule has 0 N–H and O–H groups in total. The molecule has 1 fully saturated rings. The van der Waals surface area contributed by atoms with E-state index in [0.717, 1.165) is 36.2 Å². The van der Waals surface area contributed by atoms with E-state index in [0.29, 0.717) is 34.3 Å². The van der Waals surface area contributed by atoms with Gasteiger partial charge in [0.25, 0.3) is 5.56 Å². The first-order valence-corrected chi connectivity index (χ1v) is 11.2. The van der Waals surface area contributed by atoms with Gasteiger partial charge in [0.2, 0.25) is 0 Å². The fraction of sp³-hybridized carbons (Fsp3) is 0.619. The van der Waals surface area contributed by atoms with Gasteiger partial charge in [-0.2, -0.15) is 0 Å². The van der Waals surface area contributed by atoms with Crippen LogP contribution in [0.2, 0.25) is 5.02 Å². The Morgan fingerprint density at radius 1 is 1.26 bits per heavy atom. The molecule has 3 atom stereocenters. The molecule has 3 rings (SSSR count). The number of halogens is 2. The van der Waals surface area contributed by atoms with Crippen LogP contribution >= 0.6 is 27.5 Å². The van der Waals surface area contributed by atoms with Crippen molar-refractivity contribution in [3.05, 3.63) is 37.8 Å². The van der Waals surface area contributed by atoms with Gasteiger partial charge in [-0.1, -0.05) is 38.8 Å². The minimum Gasteiger partial charge on any atom is -0.295 e. The van der Waals surface area contributed by atoms with Crippen molar-refractivity contribution >= 4 is 38.4 Å². The van der Waals surface area contributed by atoms with Gasteiger partial charge in [0.15, 0.2) is 0 Å². The summed E-state index contributed by atoms with van der Waals surface area (Å²) < 4.78 is 2.56. The van der Waals surface area contributed by atoms with Crippen molar-refractivity contribution in [2.45, 2.75) is 59.5 Å². The zero-order valence-corrected chi connectivity index (χ0v) is 19.0. The number of rotatable bonds is 5. The fourth-order valence-electron chi connectivity index (χ4n) is 4.53. The van der Waals surface area contributed by atoms with E-state index in [2.05, 4.69) is 41.6 Å². The summed E-state index contributed by atoms with van der Waals surface area (Å²) >= 11 is 9.86. The minimum atomic E-state index is -0.0389. The van der Waals surface area contributed by atoms with Crippen LogP contribution in [-0.4, -0.2) is 27.5 Å². The Bertz CT molecular complexity index is 872. The first-order valence-electron chi connectivity index (χ1n) is 9.99. The summed E-state index contributed by atoms with van der Waals surface area (Å²) in [6.07, 6.45) is 3.33. The molecule has 2 aromatic rings. The van der Waals surface area contributed by atoms with Crippen molar-refractivity contribution in [1.82, 2.24) is 14.5 Å². The van der Waals surface area contributed by atoms with E-state index in [1.807, 2.05) is 23.6 Å². The fourth-order valence-corrected chi connectivity index (χ4v) is 5.10. The lowest BCUT2D eigenvalue weighted by atomic mass is 9.90. The van der Waals surface area contributed by atoms with E-state index in [1.165, 1.54) is 6.42 Å². The lowest BCUT2D eigenvalue weighted by Gasteiger charge is -2.40. The summed E-state index contributed by atoms with van der Waals surface area (Å²) in [7, 11) is 0. The van der Waals surface area contributed by atoms with Crippen molar-refractivity contribution in [2.24, 2.45) is 11.8 Å². The second kappa shape index (κ2) is 8.62. The molecule has 1 aromatic carbocycles. The van der Waals surface area contributed by atoms with Gasteiger partial charge >= 0.3 is 0 Å². The average molecular weight is 455 g/mol. The number of nitrogens with zero attached hydrogens (tertiary/aromatic N) is 3. The Kier molecular flexibility index (Phi) is 6.65. The van der Waals surface area contributed by atoms with Crippen molar-refractivity contribution in [3.8, 4) is 0 Å². The summed E-state index contributed by atoms with van der Waals surface area (Å²) in [6.45, 7) is 11.6. The van der Waals surface area contributed by atoms with Crippen LogP contribution in [0.4, 0.5) is 0 Å². The van der Waals surface area contributed by atoms with Crippen LogP contribution in [-0.2, 0) is 6.54 Å². The maximum atomic E-state index is 13.3. The van der Waals surface area contributed by atoms with Crippen molar-refractivity contribution in [3.63, 3.8) is 0 Å². The molecule has 1 unspecified atom stereocenters. The standard InChI is InChI=1S/C21H29BrClN3O/c1-5-7-17(25-11-13(3)10-14(4)12-25)20-24-16-9-8-15(22)19(23)18(16)21(27)26(20)6-2/h8-9,13-14,17H,5-7,10-12H2,1-4H3/t13-,14+,17?. The molecule has 0 bridgehead atoms. The van der Waals surface area contributed by atoms with Crippen molar-refractivity contribution < 1.29 is 0 Å². The summed E-state index contributed by atoms with van der Waals surface area (Å²) in [5.74, 6) is 2.22. The number of likely N-dealkylation sites (tertiary alicyclic amines) is 1. The molecule has 148 valence electrons. The van der Waals surface area contributed by atoms with Gasteiger partial charge in [-0.05, 0) is 59.7 Å². The highest BCUT2D eigenvalue weighted by Crippen LogP contribution is 2.33. The molecular weight excluding hydrogens is 426 g/mol. The topological polar surface area (TPSA) is 38.1 Å². The molecule has 4 nitrogen and oxygen atoms in total. The first kappa shape index (κ1) is 20.8.